The van der Waals surface area contributed by atoms with E-state index in [9.17, 15) is 4.79 Å². The fourth-order valence-electron chi connectivity index (χ4n) is 3.38. The first-order valence-electron chi connectivity index (χ1n) is 8.82. The molecule has 0 spiro atoms. The molecule has 1 amide bonds. The summed E-state index contributed by atoms with van der Waals surface area (Å²) in [4.78, 5) is 12.9. The maximum atomic E-state index is 12.9. The molecule has 7 heteroatoms. The molecule has 142 valence electrons. The predicted molar refractivity (Wildman–Crippen MR) is 108 cm³/mol. The fraction of sp³-hybridized carbons (Fsp3) is 0.474. The molecule has 0 radical (unpaired) electrons. The van der Waals surface area contributed by atoms with E-state index in [1.165, 1.54) is 0 Å². The maximum Gasteiger partial charge on any atom is 0.255 e. The van der Waals surface area contributed by atoms with Crippen molar-refractivity contribution in [1.82, 2.24) is 20.4 Å². The second-order valence-corrected chi connectivity index (χ2v) is 7.48. The van der Waals surface area contributed by atoms with Crippen molar-refractivity contribution in [3.8, 4) is 5.69 Å². The zero-order valence-corrected chi connectivity index (χ0v) is 16.9. The Kier molecular flexibility index (Phi) is 7.09. The van der Waals surface area contributed by atoms with E-state index in [2.05, 4.69) is 36.5 Å². The maximum absolute atomic E-state index is 12.9. The molecule has 3 rings (SSSR count). The van der Waals surface area contributed by atoms with Crippen LogP contribution in [0.1, 0.15) is 49.2 Å². The van der Waals surface area contributed by atoms with Gasteiger partial charge in [-0.1, -0.05) is 38.4 Å². The van der Waals surface area contributed by atoms with E-state index in [0.29, 0.717) is 16.5 Å². The first-order valence-corrected chi connectivity index (χ1v) is 9.20. The van der Waals surface area contributed by atoms with Crippen molar-refractivity contribution in [3.63, 3.8) is 0 Å². The lowest BCUT2D eigenvalue weighted by Crippen LogP contribution is -2.48. The van der Waals surface area contributed by atoms with Crippen molar-refractivity contribution in [1.29, 1.82) is 0 Å². The largest absolute Gasteiger partial charge is 0.349 e. The molecule has 26 heavy (non-hydrogen) atoms. The Balaban J connectivity index is 0.00000243. The van der Waals surface area contributed by atoms with E-state index in [-0.39, 0.29) is 30.3 Å². The third kappa shape index (κ3) is 4.40. The average molecular weight is 397 g/mol. The Labute approximate surface area is 165 Å². The summed E-state index contributed by atoms with van der Waals surface area (Å²) in [5.74, 6) is 0.534. The molecule has 1 fully saturated rings. The number of amides is 1. The summed E-state index contributed by atoms with van der Waals surface area (Å²) < 4.78 is 1.82. The Morgan fingerprint density at radius 1 is 1.42 bits per heavy atom. The van der Waals surface area contributed by atoms with Gasteiger partial charge in [-0.3, -0.25) is 4.79 Å². The summed E-state index contributed by atoms with van der Waals surface area (Å²) in [5.41, 5.74) is 2.41. The van der Waals surface area contributed by atoms with E-state index in [1.807, 2.05) is 28.9 Å². The van der Waals surface area contributed by atoms with Gasteiger partial charge in [0.25, 0.3) is 5.91 Å². The van der Waals surface area contributed by atoms with E-state index >= 15 is 0 Å². The predicted octanol–water partition coefficient (Wildman–Crippen LogP) is 3.80. The molecule has 5 nitrogen and oxygen atoms in total. The van der Waals surface area contributed by atoms with Crippen molar-refractivity contribution in [3.05, 3.63) is 46.7 Å². The van der Waals surface area contributed by atoms with Gasteiger partial charge in [0.1, 0.15) is 0 Å². The number of hydrogen-bond donors (Lipinski definition) is 2. The number of carbonyl (C=O) groups is 1. The summed E-state index contributed by atoms with van der Waals surface area (Å²) in [7, 11) is 0. The average Bonchev–Trinajstić information content (AvgIpc) is 3.02. The highest BCUT2D eigenvalue weighted by atomic mass is 35.5. The highest BCUT2D eigenvalue weighted by Gasteiger charge is 2.26. The fourth-order valence-corrected chi connectivity index (χ4v) is 3.56. The summed E-state index contributed by atoms with van der Waals surface area (Å²) >= 11 is 6.11. The number of nitrogens with zero attached hydrogens (tertiary/aromatic N) is 2. The van der Waals surface area contributed by atoms with Gasteiger partial charge in [-0.15, -0.1) is 12.4 Å². The standard InChI is InChI=1S/C19H25ClN4O.ClH/c1-12(2)18-16(19(25)23-17-7-8-21-10-13(17)3)11-22-24(18)15-6-4-5-14(20)9-15;/h4-6,9,11-13,17,21H,7-8,10H2,1-3H3,(H,23,25);1H. The monoisotopic (exact) mass is 396 g/mol. The first kappa shape index (κ1) is 20.7. The number of nitrogens with one attached hydrogen (secondary N) is 2. The SMILES string of the molecule is CC(C)c1c(C(=O)NC2CCNCC2C)cnn1-c1cccc(Cl)c1.Cl. The van der Waals surface area contributed by atoms with E-state index in [4.69, 9.17) is 11.6 Å². The molecule has 1 aliphatic heterocycles. The Morgan fingerprint density at radius 2 is 2.19 bits per heavy atom. The molecule has 1 aromatic heterocycles. The van der Waals surface area contributed by atoms with Crippen LogP contribution in [0.5, 0.6) is 0 Å². The molecule has 2 unspecified atom stereocenters. The van der Waals surface area contributed by atoms with Crippen LogP contribution in [0.2, 0.25) is 5.02 Å². The minimum Gasteiger partial charge on any atom is -0.349 e. The van der Waals surface area contributed by atoms with Crippen molar-refractivity contribution in [2.45, 2.75) is 39.2 Å². The van der Waals surface area contributed by atoms with Gasteiger partial charge in [0.05, 0.1) is 23.1 Å². The normalized spacial score (nSPS) is 19.9. The summed E-state index contributed by atoms with van der Waals surface area (Å²) in [5, 5.41) is 11.7. The van der Waals surface area contributed by atoms with Crippen molar-refractivity contribution < 1.29 is 4.79 Å². The van der Waals surface area contributed by atoms with Gasteiger partial charge in [-0.25, -0.2) is 4.68 Å². The Morgan fingerprint density at radius 3 is 2.85 bits per heavy atom. The highest BCUT2D eigenvalue weighted by Crippen LogP contribution is 2.25. The summed E-state index contributed by atoms with van der Waals surface area (Å²) in [6.07, 6.45) is 2.61. The molecule has 1 aromatic carbocycles. The van der Waals surface area contributed by atoms with Gasteiger partial charge < -0.3 is 10.6 Å². The quantitative estimate of drug-likeness (QED) is 0.825. The number of hydrogen-bond acceptors (Lipinski definition) is 3. The van der Waals surface area contributed by atoms with Crippen LogP contribution in [0, 0.1) is 5.92 Å². The lowest BCUT2D eigenvalue weighted by molar-refractivity contribution is 0.0913. The van der Waals surface area contributed by atoms with Crippen LogP contribution in [0.4, 0.5) is 0 Å². The Hall–Kier alpha value is -1.56. The third-order valence-corrected chi connectivity index (χ3v) is 4.99. The molecule has 0 aliphatic carbocycles. The summed E-state index contributed by atoms with van der Waals surface area (Å²) in [6, 6.07) is 7.72. The van der Waals surface area contributed by atoms with Gasteiger partial charge in [-0.05, 0) is 49.5 Å². The topological polar surface area (TPSA) is 59.0 Å². The highest BCUT2D eigenvalue weighted by molar-refractivity contribution is 6.30. The number of piperidine rings is 1. The zero-order chi connectivity index (χ0) is 18.0. The number of halogens is 2. The van der Waals surface area contributed by atoms with E-state index in [0.717, 1.165) is 30.9 Å². The number of benzene rings is 1. The second-order valence-electron chi connectivity index (χ2n) is 7.04. The van der Waals surface area contributed by atoms with Crippen molar-refractivity contribution >= 4 is 29.9 Å². The van der Waals surface area contributed by atoms with E-state index in [1.54, 1.807) is 6.20 Å². The molecule has 2 atom stereocenters. The minimum atomic E-state index is -0.0456. The number of carbonyl (C=O) groups excluding carboxylic acids is 1. The van der Waals surface area contributed by atoms with Crippen LogP contribution in [-0.4, -0.2) is 34.8 Å². The van der Waals surface area contributed by atoms with Crippen molar-refractivity contribution in [2.24, 2.45) is 5.92 Å². The number of aromatic nitrogens is 2. The molecule has 0 bridgehead atoms. The molecule has 2 heterocycles. The van der Waals surface area contributed by atoms with Gasteiger partial charge in [-0.2, -0.15) is 5.10 Å². The lowest BCUT2D eigenvalue weighted by Gasteiger charge is -2.30. The van der Waals surface area contributed by atoms with Crippen LogP contribution < -0.4 is 10.6 Å². The molecule has 2 aromatic rings. The van der Waals surface area contributed by atoms with Crippen molar-refractivity contribution in [2.75, 3.05) is 13.1 Å². The van der Waals surface area contributed by atoms with Gasteiger partial charge in [0.2, 0.25) is 0 Å². The van der Waals surface area contributed by atoms with Crippen LogP contribution in [0.15, 0.2) is 30.5 Å². The first-order chi connectivity index (χ1) is 12.0. The number of rotatable bonds is 4. The second kappa shape index (κ2) is 8.89. The Bertz CT molecular complexity index is 760. The van der Waals surface area contributed by atoms with Crippen LogP contribution in [-0.2, 0) is 0 Å². The molecular weight excluding hydrogens is 371 g/mol. The molecule has 0 saturated carbocycles. The van der Waals surface area contributed by atoms with Gasteiger partial charge in [0.15, 0.2) is 0 Å². The van der Waals surface area contributed by atoms with Gasteiger partial charge in [0, 0.05) is 11.1 Å². The molecular formula is C19H26Cl2N4O. The molecule has 1 saturated heterocycles. The zero-order valence-electron chi connectivity index (χ0n) is 15.3. The van der Waals surface area contributed by atoms with Crippen LogP contribution >= 0.6 is 24.0 Å². The van der Waals surface area contributed by atoms with E-state index < -0.39 is 0 Å². The molecule has 1 aliphatic rings. The lowest BCUT2D eigenvalue weighted by atomic mass is 9.94. The smallest absolute Gasteiger partial charge is 0.255 e. The minimum absolute atomic E-state index is 0. The van der Waals surface area contributed by atoms with Crippen LogP contribution in [0.25, 0.3) is 5.69 Å². The van der Waals surface area contributed by atoms with Gasteiger partial charge >= 0.3 is 0 Å². The van der Waals surface area contributed by atoms with Crippen LogP contribution in [0.3, 0.4) is 0 Å². The molecule has 2 N–H and O–H groups in total. The third-order valence-electron chi connectivity index (χ3n) is 4.75. The summed E-state index contributed by atoms with van der Waals surface area (Å²) in [6.45, 7) is 8.18.